The van der Waals surface area contributed by atoms with E-state index in [1.807, 2.05) is 6.07 Å². The summed E-state index contributed by atoms with van der Waals surface area (Å²) in [6, 6.07) is 5.23. The second-order valence-electron chi connectivity index (χ2n) is 4.64. The van der Waals surface area contributed by atoms with Gasteiger partial charge in [-0.15, -0.1) is 0 Å². The van der Waals surface area contributed by atoms with Crippen LogP contribution in [-0.2, 0) is 18.4 Å². The van der Waals surface area contributed by atoms with Gasteiger partial charge in [-0.1, -0.05) is 18.2 Å². The average Bonchev–Trinajstić information content (AvgIpc) is 2.28. The Morgan fingerprint density at radius 2 is 1.81 bits per heavy atom. The van der Waals surface area contributed by atoms with Crippen LogP contribution in [-0.4, -0.2) is 11.5 Å². The Balaban J connectivity index is 2.37. The van der Waals surface area contributed by atoms with Crippen molar-refractivity contribution in [1.29, 1.82) is 0 Å². The molecule has 1 aromatic rings. The van der Waals surface area contributed by atoms with Crippen molar-refractivity contribution in [2.75, 3.05) is 0 Å². The van der Waals surface area contributed by atoms with E-state index in [1.165, 1.54) is 12.5 Å². The van der Waals surface area contributed by atoms with E-state index in [0.717, 1.165) is 31.2 Å². The predicted octanol–water partition coefficient (Wildman–Crippen LogP) is 3.04. The summed E-state index contributed by atoms with van der Waals surface area (Å²) in [5, 5.41) is 9.71. The zero-order valence-corrected chi connectivity index (χ0v) is 9.34. The Morgan fingerprint density at radius 3 is 2.44 bits per heavy atom. The fourth-order valence-corrected chi connectivity index (χ4v) is 2.17. The smallest absolute Gasteiger partial charge is 0.270 e. The van der Waals surface area contributed by atoms with Gasteiger partial charge in [0.2, 0.25) is 0 Å². The summed E-state index contributed by atoms with van der Waals surface area (Å²) >= 11 is 0. The van der Waals surface area contributed by atoms with Crippen molar-refractivity contribution < 1.29 is 13.9 Å². The molecule has 0 aliphatic heterocycles. The number of hydrogen-bond donors (Lipinski definition) is 1. The number of benzene rings is 1. The van der Waals surface area contributed by atoms with Gasteiger partial charge in [0, 0.05) is 0 Å². The lowest BCUT2D eigenvalue weighted by molar-refractivity contribution is -0.0883. The maximum Gasteiger partial charge on any atom is 0.270 e. The minimum atomic E-state index is -2.76. The van der Waals surface area contributed by atoms with E-state index in [1.54, 1.807) is 12.1 Å². The van der Waals surface area contributed by atoms with Crippen LogP contribution in [0.5, 0.6) is 0 Å². The van der Waals surface area contributed by atoms with E-state index in [-0.39, 0.29) is 0 Å². The first-order valence-corrected chi connectivity index (χ1v) is 5.64. The third-order valence-electron chi connectivity index (χ3n) is 3.36. The first-order valence-electron chi connectivity index (χ1n) is 5.64. The largest absolute Gasteiger partial charge is 0.379 e. The molecule has 0 radical (unpaired) electrons. The molecule has 1 aliphatic rings. The Bertz CT molecular complexity index is 386. The van der Waals surface area contributed by atoms with Gasteiger partial charge in [-0.25, -0.2) is 8.78 Å². The summed E-state index contributed by atoms with van der Waals surface area (Å²) in [6.07, 6.45) is 1.47. The molecular weight excluding hydrogens is 210 g/mol. The molecule has 0 heterocycles. The topological polar surface area (TPSA) is 20.2 Å². The Labute approximate surface area is 94.1 Å². The number of rotatable bonds is 2. The highest BCUT2D eigenvalue weighted by molar-refractivity contribution is 5.36. The van der Waals surface area contributed by atoms with Crippen LogP contribution < -0.4 is 0 Å². The van der Waals surface area contributed by atoms with Crippen LogP contribution >= 0.6 is 0 Å². The quantitative estimate of drug-likeness (QED) is 0.821. The molecule has 3 heteroatoms. The molecule has 16 heavy (non-hydrogen) atoms. The maximum atomic E-state index is 12.7. The fraction of sp³-hybridized carbons (Fsp3) is 0.538. The SMILES string of the molecule is CC(O)(c1ccc2c(c1)CCCC2)C(F)F. The number of aliphatic hydroxyl groups is 1. The van der Waals surface area contributed by atoms with E-state index in [9.17, 15) is 13.9 Å². The molecule has 1 N–H and O–H groups in total. The number of aryl methyl sites for hydroxylation is 2. The zero-order valence-electron chi connectivity index (χ0n) is 9.34. The minimum Gasteiger partial charge on any atom is -0.379 e. The highest BCUT2D eigenvalue weighted by Gasteiger charge is 2.34. The summed E-state index contributed by atoms with van der Waals surface area (Å²) < 4.78 is 25.4. The molecule has 1 atom stereocenters. The molecule has 0 bridgehead atoms. The molecule has 0 aromatic heterocycles. The summed E-state index contributed by atoms with van der Waals surface area (Å²) in [6.45, 7) is 1.17. The molecule has 0 amide bonds. The van der Waals surface area contributed by atoms with Gasteiger partial charge in [-0.2, -0.15) is 0 Å². The monoisotopic (exact) mass is 226 g/mol. The van der Waals surface area contributed by atoms with Crippen molar-refractivity contribution in [2.45, 2.75) is 44.6 Å². The van der Waals surface area contributed by atoms with Crippen molar-refractivity contribution >= 4 is 0 Å². The molecule has 0 spiro atoms. The van der Waals surface area contributed by atoms with E-state index >= 15 is 0 Å². The van der Waals surface area contributed by atoms with Crippen molar-refractivity contribution in [3.8, 4) is 0 Å². The van der Waals surface area contributed by atoms with Gasteiger partial charge in [0.25, 0.3) is 6.43 Å². The van der Waals surface area contributed by atoms with E-state index in [4.69, 9.17) is 0 Å². The second-order valence-corrected chi connectivity index (χ2v) is 4.64. The van der Waals surface area contributed by atoms with Gasteiger partial charge < -0.3 is 5.11 Å². The number of halogens is 2. The van der Waals surface area contributed by atoms with Crippen molar-refractivity contribution in [3.63, 3.8) is 0 Å². The summed E-state index contributed by atoms with van der Waals surface area (Å²) in [5.74, 6) is 0. The van der Waals surface area contributed by atoms with Crippen LogP contribution in [0.25, 0.3) is 0 Å². The Hall–Kier alpha value is -0.960. The summed E-state index contributed by atoms with van der Waals surface area (Å²) in [5.41, 5.74) is 0.639. The minimum absolute atomic E-state index is 0.322. The van der Waals surface area contributed by atoms with Gasteiger partial charge in [-0.3, -0.25) is 0 Å². The molecule has 0 fully saturated rings. The van der Waals surface area contributed by atoms with Gasteiger partial charge in [0.05, 0.1) is 0 Å². The van der Waals surface area contributed by atoms with E-state index < -0.39 is 12.0 Å². The second kappa shape index (κ2) is 4.13. The first-order chi connectivity index (χ1) is 7.51. The molecule has 1 nitrogen and oxygen atoms in total. The zero-order chi connectivity index (χ0) is 11.8. The van der Waals surface area contributed by atoms with Crippen molar-refractivity contribution in [1.82, 2.24) is 0 Å². The number of alkyl halides is 2. The third-order valence-corrected chi connectivity index (χ3v) is 3.36. The molecule has 2 rings (SSSR count). The van der Waals surface area contributed by atoms with Gasteiger partial charge >= 0.3 is 0 Å². The molecular formula is C13H16F2O. The molecule has 0 saturated carbocycles. The third kappa shape index (κ3) is 1.96. The lowest BCUT2D eigenvalue weighted by atomic mass is 9.86. The van der Waals surface area contributed by atoms with Crippen LogP contribution in [0.4, 0.5) is 8.78 Å². The van der Waals surface area contributed by atoms with Gasteiger partial charge in [0.1, 0.15) is 5.60 Å². The lowest BCUT2D eigenvalue weighted by Gasteiger charge is -2.25. The lowest BCUT2D eigenvalue weighted by Crippen LogP contribution is -2.30. The Kier molecular flexibility index (Phi) is 2.98. The van der Waals surface area contributed by atoms with Gasteiger partial charge in [-0.05, 0) is 49.3 Å². The van der Waals surface area contributed by atoms with Crippen molar-refractivity contribution in [2.24, 2.45) is 0 Å². The van der Waals surface area contributed by atoms with E-state index in [0.29, 0.717) is 5.56 Å². The summed E-state index contributed by atoms with van der Waals surface area (Å²) in [4.78, 5) is 0. The van der Waals surface area contributed by atoms with Crippen LogP contribution in [0.15, 0.2) is 18.2 Å². The highest BCUT2D eigenvalue weighted by Crippen LogP contribution is 2.31. The van der Waals surface area contributed by atoms with Crippen LogP contribution in [0.2, 0.25) is 0 Å². The number of fused-ring (bicyclic) bond motifs is 1. The first kappa shape index (κ1) is 11.5. The number of hydrogen-bond acceptors (Lipinski definition) is 1. The maximum absolute atomic E-state index is 12.7. The van der Waals surface area contributed by atoms with Crippen LogP contribution in [0.1, 0.15) is 36.5 Å². The molecule has 1 aromatic carbocycles. The molecule has 1 unspecified atom stereocenters. The normalized spacial score (nSPS) is 19.3. The molecule has 1 aliphatic carbocycles. The molecule has 88 valence electrons. The fourth-order valence-electron chi connectivity index (χ4n) is 2.17. The highest BCUT2D eigenvalue weighted by atomic mass is 19.3. The average molecular weight is 226 g/mol. The summed E-state index contributed by atoms with van der Waals surface area (Å²) in [7, 11) is 0. The standard InChI is InChI=1S/C13H16F2O/c1-13(16,12(14)15)11-7-6-9-4-2-3-5-10(9)8-11/h6-8,12,16H,2-5H2,1H3. The van der Waals surface area contributed by atoms with Crippen LogP contribution in [0.3, 0.4) is 0 Å². The van der Waals surface area contributed by atoms with E-state index in [2.05, 4.69) is 0 Å². The molecule has 0 saturated heterocycles. The predicted molar refractivity (Wildman–Crippen MR) is 58.7 cm³/mol. The van der Waals surface area contributed by atoms with Gasteiger partial charge in [0.15, 0.2) is 0 Å². The van der Waals surface area contributed by atoms with Crippen molar-refractivity contribution in [3.05, 3.63) is 34.9 Å². The Morgan fingerprint density at radius 1 is 1.19 bits per heavy atom. The van der Waals surface area contributed by atoms with Crippen LogP contribution in [0, 0.1) is 0 Å².